The molecule has 0 saturated heterocycles. The van der Waals surface area contributed by atoms with Crippen LogP contribution in [0.15, 0.2) is 43.0 Å². The Labute approximate surface area is 257 Å². The summed E-state index contributed by atoms with van der Waals surface area (Å²) in [6.07, 6.45) is 5.59. The molecule has 0 radical (unpaired) electrons. The molecule has 0 fully saturated rings. The van der Waals surface area contributed by atoms with Crippen LogP contribution >= 0.6 is 34.3 Å². The maximum absolute atomic E-state index is 13.9. The Kier molecular flexibility index (Phi) is 10.9. The van der Waals surface area contributed by atoms with Gasteiger partial charge in [0.2, 0.25) is 0 Å². The van der Waals surface area contributed by atoms with E-state index in [0.717, 1.165) is 19.0 Å². The molecule has 5 heterocycles. The molecule has 5 aromatic rings. The summed E-state index contributed by atoms with van der Waals surface area (Å²) in [7, 11) is -0.814. The lowest BCUT2D eigenvalue weighted by atomic mass is 10.3. The average molecular weight is 652 g/mol. The molecule has 0 amide bonds. The SMILES string of the molecule is CC.CN(C)S(=O)(=O)n1c(-c2ccc(Cl)s2)cnc1CCNCCc1nc2c(NCc3ncccc3F)ncnc2s1. The Morgan fingerprint density at radius 1 is 1.05 bits per heavy atom. The summed E-state index contributed by atoms with van der Waals surface area (Å²) in [5.74, 6) is 0.553. The second kappa shape index (κ2) is 14.4. The minimum Gasteiger partial charge on any atom is -0.362 e. The van der Waals surface area contributed by atoms with E-state index in [-0.39, 0.29) is 12.4 Å². The minimum atomic E-state index is -3.79. The van der Waals surface area contributed by atoms with Gasteiger partial charge in [0.15, 0.2) is 5.82 Å². The monoisotopic (exact) mass is 651 g/mol. The summed E-state index contributed by atoms with van der Waals surface area (Å²) in [5.41, 5.74) is 1.39. The van der Waals surface area contributed by atoms with Crippen LogP contribution in [0.5, 0.6) is 0 Å². The Hall–Kier alpha value is -3.08. The molecule has 0 aliphatic carbocycles. The molecule has 0 spiro atoms. The van der Waals surface area contributed by atoms with Crippen LogP contribution in [0.4, 0.5) is 10.2 Å². The van der Waals surface area contributed by atoms with Gasteiger partial charge in [0, 0.05) is 46.2 Å². The minimum absolute atomic E-state index is 0.174. The first kappa shape index (κ1) is 31.8. The number of hydrogen-bond acceptors (Lipinski definition) is 11. The number of nitrogens with zero attached hydrogens (tertiary/aromatic N) is 7. The van der Waals surface area contributed by atoms with Crippen molar-refractivity contribution in [3.05, 3.63) is 69.7 Å². The van der Waals surface area contributed by atoms with Crippen molar-refractivity contribution in [2.45, 2.75) is 33.2 Å². The summed E-state index contributed by atoms with van der Waals surface area (Å²) < 4.78 is 43.1. The van der Waals surface area contributed by atoms with Crippen molar-refractivity contribution in [1.82, 2.24) is 38.5 Å². The lowest BCUT2D eigenvalue weighted by Gasteiger charge is -2.17. The largest absolute Gasteiger partial charge is 0.362 e. The molecule has 16 heteroatoms. The second-order valence-corrected chi connectivity index (χ2v) is 13.5. The van der Waals surface area contributed by atoms with E-state index in [4.69, 9.17) is 11.6 Å². The fraction of sp³-hybridized carbons (Fsp3) is 0.346. The molecule has 0 aromatic carbocycles. The van der Waals surface area contributed by atoms with Crippen molar-refractivity contribution < 1.29 is 12.8 Å². The second-order valence-electron chi connectivity index (χ2n) is 8.74. The number of fused-ring (bicyclic) bond motifs is 1. The maximum atomic E-state index is 13.9. The van der Waals surface area contributed by atoms with Crippen molar-refractivity contribution >= 4 is 60.6 Å². The molecule has 0 bridgehead atoms. The molecular weight excluding hydrogens is 621 g/mol. The van der Waals surface area contributed by atoms with E-state index < -0.39 is 10.2 Å². The molecule has 2 N–H and O–H groups in total. The zero-order valence-electron chi connectivity index (χ0n) is 23.5. The highest BCUT2D eigenvalue weighted by Gasteiger charge is 2.25. The van der Waals surface area contributed by atoms with Crippen molar-refractivity contribution in [1.29, 1.82) is 0 Å². The number of nitrogens with one attached hydrogen (secondary N) is 2. The third kappa shape index (κ3) is 7.27. The van der Waals surface area contributed by atoms with E-state index >= 15 is 0 Å². The van der Waals surface area contributed by atoms with Crippen LogP contribution in [0.3, 0.4) is 0 Å². The zero-order chi connectivity index (χ0) is 30.3. The van der Waals surface area contributed by atoms with Gasteiger partial charge in [0.1, 0.15) is 28.3 Å². The van der Waals surface area contributed by atoms with E-state index in [1.165, 1.54) is 59.3 Å². The van der Waals surface area contributed by atoms with E-state index in [2.05, 4.69) is 35.6 Å². The predicted octanol–water partition coefficient (Wildman–Crippen LogP) is 4.87. The van der Waals surface area contributed by atoms with Crippen molar-refractivity contribution in [2.24, 2.45) is 0 Å². The third-order valence-corrected chi connectivity index (χ3v) is 9.91. The molecule has 5 rings (SSSR count). The highest BCUT2D eigenvalue weighted by molar-refractivity contribution is 7.87. The molecule has 5 aromatic heterocycles. The van der Waals surface area contributed by atoms with Crippen molar-refractivity contribution in [3.8, 4) is 10.6 Å². The van der Waals surface area contributed by atoms with Crippen molar-refractivity contribution in [3.63, 3.8) is 0 Å². The molecule has 0 aliphatic rings. The van der Waals surface area contributed by atoms with Gasteiger partial charge in [0.05, 0.1) is 38.4 Å². The molecule has 42 heavy (non-hydrogen) atoms. The van der Waals surface area contributed by atoms with E-state index in [0.29, 0.717) is 58.8 Å². The van der Waals surface area contributed by atoms with Gasteiger partial charge in [-0.05, 0) is 24.3 Å². The highest BCUT2D eigenvalue weighted by atomic mass is 35.5. The number of halogens is 2. The molecule has 11 nitrogen and oxygen atoms in total. The smallest absolute Gasteiger partial charge is 0.309 e. The van der Waals surface area contributed by atoms with Crippen LogP contribution in [-0.2, 0) is 29.6 Å². The van der Waals surface area contributed by atoms with Crippen LogP contribution in [0.25, 0.3) is 20.9 Å². The fourth-order valence-electron chi connectivity index (χ4n) is 3.85. The number of thiazole rings is 1. The summed E-state index contributed by atoms with van der Waals surface area (Å²) in [5, 5.41) is 7.30. The van der Waals surface area contributed by atoms with E-state index in [9.17, 15) is 12.8 Å². The van der Waals surface area contributed by atoms with Crippen molar-refractivity contribution in [2.75, 3.05) is 32.5 Å². The van der Waals surface area contributed by atoms with E-state index in [1.807, 2.05) is 13.8 Å². The van der Waals surface area contributed by atoms with Gasteiger partial charge < -0.3 is 10.6 Å². The normalized spacial score (nSPS) is 11.6. The molecule has 0 atom stereocenters. The lowest BCUT2D eigenvalue weighted by Crippen LogP contribution is -2.31. The van der Waals surface area contributed by atoms with Crippen LogP contribution in [0.2, 0.25) is 4.34 Å². The van der Waals surface area contributed by atoms with Crippen LogP contribution in [0.1, 0.15) is 30.4 Å². The predicted molar refractivity (Wildman–Crippen MR) is 167 cm³/mol. The summed E-state index contributed by atoms with van der Waals surface area (Å²) in [6, 6.07) is 6.42. The average Bonchev–Trinajstić information content (AvgIpc) is 3.71. The summed E-state index contributed by atoms with van der Waals surface area (Å²) in [4.78, 5) is 23.2. The molecule has 0 aliphatic heterocycles. The number of anilines is 1. The van der Waals surface area contributed by atoms with Crippen LogP contribution in [0, 0.1) is 5.82 Å². The quantitative estimate of drug-likeness (QED) is 0.182. The van der Waals surface area contributed by atoms with Gasteiger partial charge in [-0.15, -0.1) is 11.3 Å². The third-order valence-electron chi connectivity index (χ3n) is 5.85. The zero-order valence-corrected chi connectivity index (χ0v) is 26.7. The Morgan fingerprint density at radius 3 is 2.55 bits per heavy atom. The van der Waals surface area contributed by atoms with Crippen LogP contribution < -0.4 is 10.6 Å². The first-order chi connectivity index (χ1) is 20.2. The highest BCUT2D eigenvalue weighted by Crippen LogP contribution is 2.33. The Morgan fingerprint density at radius 2 is 1.83 bits per heavy atom. The maximum Gasteiger partial charge on any atom is 0.309 e. The van der Waals surface area contributed by atoms with Gasteiger partial charge in [-0.1, -0.05) is 36.8 Å². The Balaban J connectivity index is 0.00000198. The fourth-order valence-corrected chi connectivity index (χ4v) is 6.98. The summed E-state index contributed by atoms with van der Waals surface area (Å²) in [6.45, 7) is 5.30. The summed E-state index contributed by atoms with van der Waals surface area (Å²) >= 11 is 8.84. The van der Waals surface area contributed by atoms with Gasteiger partial charge in [-0.2, -0.15) is 12.7 Å². The molecule has 0 saturated carbocycles. The number of thiophene rings is 1. The van der Waals surface area contributed by atoms with Crippen LogP contribution in [-0.4, -0.2) is 68.8 Å². The first-order valence-electron chi connectivity index (χ1n) is 13.1. The first-order valence-corrected chi connectivity index (χ1v) is 16.5. The number of pyridine rings is 1. The number of aromatic nitrogens is 6. The lowest BCUT2D eigenvalue weighted by molar-refractivity contribution is 0.508. The number of rotatable bonds is 12. The molecule has 0 unspecified atom stereocenters. The molecular formula is C26H31ClFN9O2S3. The Bertz CT molecular complexity index is 1740. The number of hydrogen-bond donors (Lipinski definition) is 2. The van der Waals surface area contributed by atoms with Gasteiger partial charge >= 0.3 is 10.2 Å². The molecule has 224 valence electrons. The van der Waals surface area contributed by atoms with Gasteiger partial charge in [-0.25, -0.2) is 28.3 Å². The van der Waals surface area contributed by atoms with Gasteiger partial charge in [0.25, 0.3) is 0 Å². The topological polar surface area (TPSA) is 131 Å². The van der Waals surface area contributed by atoms with E-state index in [1.54, 1.807) is 24.4 Å². The standard InChI is InChI=1S/C24H25ClFN9O2S3.C2H6/c1-34(2)40(36,37)35-17(18-5-6-19(25)38-18)13-29-20(35)7-10-27-11-8-21-33-22-23(31-14-32-24(22)39-21)30-12-16-15(26)4-3-9-28-16;1-2/h3-6,9,13-14,27H,7-8,10-12H2,1-2H3,(H,30,31,32);1-2H3. The van der Waals surface area contributed by atoms with Gasteiger partial charge in [-0.3, -0.25) is 4.98 Å². The number of imidazole rings is 1.